The fraction of sp³-hybridized carbons (Fsp3) is 0. The third-order valence-electron chi connectivity index (χ3n) is 3.35. The average molecular weight is 337 g/mol. The molecule has 0 fully saturated rings. The van der Waals surface area contributed by atoms with Crippen molar-refractivity contribution < 1.29 is 4.79 Å². The van der Waals surface area contributed by atoms with Crippen molar-refractivity contribution in [3.63, 3.8) is 0 Å². The van der Waals surface area contributed by atoms with Gasteiger partial charge in [0.25, 0.3) is 0 Å². The Labute approximate surface area is 132 Å². The summed E-state index contributed by atoms with van der Waals surface area (Å²) in [5.41, 5.74) is 1.73. The molecule has 102 valence electrons. The molecule has 0 saturated carbocycles. The zero-order chi connectivity index (χ0) is 14.7. The summed E-state index contributed by atoms with van der Waals surface area (Å²) in [5, 5.41) is 2.33. The summed E-state index contributed by atoms with van der Waals surface area (Å²) in [4.78, 5) is 12.2. The van der Waals surface area contributed by atoms with Crippen LogP contribution in [0.1, 0.15) is 15.9 Å². The lowest BCUT2D eigenvalue weighted by Crippen LogP contribution is -1.93. The van der Waals surface area contributed by atoms with Gasteiger partial charge in [-0.25, -0.2) is 0 Å². The number of fused-ring (bicyclic) bond motifs is 1. The molecule has 0 aliphatic rings. The molecule has 0 bridgehead atoms. The van der Waals surface area contributed by atoms with Gasteiger partial charge in [-0.15, -0.1) is 0 Å². The lowest BCUT2D eigenvalue weighted by molar-refractivity contribution is 0.104. The Bertz CT molecular complexity index is 828. The van der Waals surface area contributed by atoms with Crippen molar-refractivity contribution in [2.24, 2.45) is 0 Å². The zero-order valence-corrected chi connectivity index (χ0v) is 12.9. The number of halogens is 1. The molecule has 21 heavy (non-hydrogen) atoms. The van der Waals surface area contributed by atoms with Crippen molar-refractivity contribution in [2.75, 3.05) is 0 Å². The third kappa shape index (κ3) is 3.11. The van der Waals surface area contributed by atoms with Gasteiger partial charge < -0.3 is 0 Å². The second-order valence-electron chi connectivity index (χ2n) is 4.78. The molecule has 3 aromatic carbocycles. The molecule has 0 heterocycles. The van der Waals surface area contributed by atoms with E-state index >= 15 is 0 Å². The molecule has 0 aliphatic heterocycles. The highest BCUT2D eigenvalue weighted by Crippen LogP contribution is 2.20. The molecule has 0 radical (unpaired) electrons. The Morgan fingerprint density at radius 3 is 2.52 bits per heavy atom. The highest BCUT2D eigenvalue weighted by Gasteiger charge is 2.02. The number of carbonyl (C=O) groups excluding carboxylic acids is 1. The van der Waals surface area contributed by atoms with Crippen LogP contribution >= 0.6 is 15.9 Å². The molecular formula is C19H13BrO. The lowest BCUT2D eigenvalue weighted by atomic mass is 10.0. The molecule has 0 saturated heterocycles. The minimum absolute atomic E-state index is 0.00392. The minimum atomic E-state index is 0.00392. The van der Waals surface area contributed by atoms with E-state index < -0.39 is 0 Å². The van der Waals surface area contributed by atoms with Crippen LogP contribution in [0.4, 0.5) is 0 Å². The van der Waals surface area contributed by atoms with Crippen molar-refractivity contribution in [2.45, 2.75) is 0 Å². The smallest absolute Gasteiger partial charge is 0.185 e. The summed E-state index contributed by atoms with van der Waals surface area (Å²) < 4.78 is 0.909. The fourth-order valence-corrected chi connectivity index (χ4v) is 2.70. The molecule has 3 rings (SSSR count). The monoisotopic (exact) mass is 336 g/mol. The van der Waals surface area contributed by atoms with Gasteiger partial charge in [0.1, 0.15) is 0 Å². The van der Waals surface area contributed by atoms with E-state index in [2.05, 4.69) is 34.1 Å². The minimum Gasteiger partial charge on any atom is -0.289 e. The average Bonchev–Trinajstić information content (AvgIpc) is 2.52. The molecule has 0 N–H and O–H groups in total. The first-order valence-corrected chi connectivity index (χ1v) is 7.49. The van der Waals surface area contributed by atoms with Crippen LogP contribution in [0.15, 0.2) is 77.3 Å². The number of rotatable bonds is 3. The van der Waals surface area contributed by atoms with Gasteiger partial charge in [-0.05, 0) is 34.5 Å². The van der Waals surface area contributed by atoms with E-state index in [1.54, 1.807) is 6.08 Å². The second-order valence-corrected chi connectivity index (χ2v) is 5.69. The fourth-order valence-electron chi connectivity index (χ4n) is 2.30. The van der Waals surface area contributed by atoms with Gasteiger partial charge in [0, 0.05) is 10.0 Å². The molecule has 0 aromatic heterocycles. The Kier molecular flexibility index (Phi) is 3.98. The predicted octanol–water partition coefficient (Wildman–Crippen LogP) is 5.50. The maximum Gasteiger partial charge on any atom is 0.185 e. The van der Waals surface area contributed by atoms with Gasteiger partial charge in [0.05, 0.1) is 0 Å². The molecule has 1 nitrogen and oxygen atoms in total. The van der Waals surface area contributed by atoms with Crippen molar-refractivity contribution in [3.8, 4) is 0 Å². The summed E-state index contributed by atoms with van der Waals surface area (Å²) >= 11 is 3.38. The highest BCUT2D eigenvalue weighted by molar-refractivity contribution is 9.10. The van der Waals surface area contributed by atoms with Gasteiger partial charge in [-0.2, -0.15) is 0 Å². The Morgan fingerprint density at radius 2 is 1.67 bits per heavy atom. The number of ketones is 1. The van der Waals surface area contributed by atoms with Crippen LogP contribution in [-0.2, 0) is 0 Å². The maximum absolute atomic E-state index is 12.2. The molecule has 3 aromatic rings. The van der Waals surface area contributed by atoms with E-state index in [-0.39, 0.29) is 5.78 Å². The molecule has 0 unspecified atom stereocenters. The second kappa shape index (κ2) is 6.06. The summed E-state index contributed by atoms with van der Waals surface area (Å²) in [6.07, 6.45) is 3.51. The van der Waals surface area contributed by atoms with Crippen molar-refractivity contribution in [3.05, 3.63) is 88.4 Å². The summed E-state index contributed by atoms with van der Waals surface area (Å²) in [6.45, 7) is 0. The number of benzene rings is 3. The normalized spacial score (nSPS) is 11.1. The van der Waals surface area contributed by atoms with Gasteiger partial charge >= 0.3 is 0 Å². The van der Waals surface area contributed by atoms with Crippen molar-refractivity contribution >= 4 is 38.6 Å². The molecule has 0 atom stereocenters. The van der Waals surface area contributed by atoms with Gasteiger partial charge in [0.2, 0.25) is 0 Å². The first-order valence-electron chi connectivity index (χ1n) is 6.70. The molecule has 0 aliphatic carbocycles. The van der Waals surface area contributed by atoms with E-state index in [0.29, 0.717) is 5.56 Å². The molecule has 2 heteroatoms. The quantitative estimate of drug-likeness (QED) is 0.456. The van der Waals surface area contributed by atoms with Gasteiger partial charge in [0.15, 0.2) is 5.78 Å². The molecule has 0 amide bonds. The van der Waals surface area contributed by atoms with Crippen LogP contribution in [0.3, 0.4) is 0 Å². The topological polar surface area (TPSA) is 17.1 Å². The van der Waals surface area contributed by atoms with Crippen molar-refractivity contribution in [1.29, 1.82) is 0 Å². The summed E-state index contributed by atoms with van der Waals surface area (Å²) in [7, 11) is 0. The van der Waals surface area contributed by atoms with Crippen molar-refractivity contribution in [1.82, 2.24) is 0 Å². The van der Waals surface area contributed by atoms with Crippen LogP contribution in [0.2, 0.25) is 0 Å². The van der Waals surface area contributed by atoms with Gasteiger partial charge in [-0.1, -0.05) is 76.6 Å². The lowest BCUT2D eigenvalue weighted by Gasteiger charge is -2.01. The standard InChI is InChI=1S/C19H13BrO/c20-17-9-4-8-16(13-17)19(21)12-11-15-7-3-6-14-5-1-2-10-18(14)15/h1-13H/b12-11+. The largest absolute Gasteiger partial charge is 0.289 e. The summed E-state index contributed by atoms with van der Waals surface area (Å²) in [6, 6.07) is 21.7. The van der Waals surface area contributed by atoms with E-state index in [4.69, 9.17) is 0 Å². The maximum atomic E-state index is 12.2. The van der Waals surface area contributed by atoms with Crippen LogP contribution in [0.25, 0.3) is 16.8 Å². The SMILES string of the molecule is O=C(/C=C/c1cccc2ccccc12)c1cccc(Br)c1. The van der Waals surface area contributed by atoms with Gasteiger partial charge in [-0.3, -0.25) is 4.79 Å². The van der Waals surface area contributed by atoms with E-state index in [9.17, 15) is 4.79 Å². The van der Waals surface area contributed by atoms with E-state index in [1.165, 1.54) is 5.39 Å². The number of hydrogen-bond donors (Lipinski definition) is 0. The van der Waals surface area contributed by atoms with Crippen LogP contribution in [0.5, 0.6) is 0 Å². The molecule has 0 spiro atoms. The Balaban J connectivity index is 1.93. The number of hydrogen-bond acceptors (Lipinski definition) is 1. The first-order chi connectivity index (χ1) is 10.2. The van der Waals surface area contributed by atoms with Crippen LogP contribution < -0.4 is 0 Å². The Hall–Kier alpha value is -2.19. The third-order valence-corrected chi connectivity index (χ3v) is 3.84. The number of carbonyl (C=O) groups is 1. The predicted molar refractivity (Wildman–Crippen MR) is 91.5 cm³/mol. The summed E-state index contributed by atoms with van der Waals surface area (Å²) in [5.74, 6) is 0.00392. The first kappa shape index (κ1) is 13.8. The highest BCUT2D eigenvalue weighted by atomic mass is 79.9. The van der Waals surface area contributed by atoms with Crippen LogP contribution in [0, 0.1) is 0 Å². The molecular weight excluding hydrogens is 324 g/mol. The Morgan fingerprint density at radius 1 is 0.905 bits per heavy atom. The number of allylic oxidation sites excluding steroid dienone is 1. The van der Waals surface area contributed by atoms with E-state index in [1.807, 2.05) is 54.6 Å². The van der Waals surface area contributed by atoms with E-state index in [0.717, 1.165) is 15.4 Å². The van der Waals surface area contributed by atoms with Crippen LogP contribution in [-0.4, -0.2) is 5.78 Å². The zero-order valence-electron chi connectivity index (χ0n) is 11.3.